The van der Waals surface area contributed by atoms with Crippen molar-refractivity contribution in [2.45, 2.75) is 6.54 Å². The van der Waals surface area contributed by atoms with Crippen LogP contribution in [0.3, 0.4) is 0 Å². The molecule has 0 fully saturated rings. The minimum absolute atomic E-state index is 0. The lowest BCUT2D eigenvalue weighted by Gasteiger charge is -2.01. The van der Waals surface area contributed by atoms with Gasteiger partial charge in [-0.1, -0.05) is 30.3 Å². The van der Waals surface area contributed by atoms with Crippen LogP contribution in [0.1, 0.15) is 0 Å². The Bertz CT molecular complexity index is 515. The van der Waals surface area contributed by atoms with E-state index in [1.54, 1.807) is 0 Å². The molecular formula is C11H15ClN6O. The molecule has 1 aromatic heterocycles. The highest BCUT2D eigenvalue weighted by atomic mass is 35.5. The van der Waals surface area contributed by atoms with Crippen LogP contribution in [0.2, 0.25) is 0 Å². The summed E-state index contributed by atoms with van der Waals surface area (Å²) in [5.41, 5.74) is 6.15. The molecule has 2 rings (SSSR count). The summed E-state index contributed by atoms with van der Waals surface area (Å²) in [5, 5.41) is 14.5. The first-order chi connectivity index (χ1) is 8.79. The van der Waals surface area contributed by atoms with Crippen molar-refractivity contribution >= 4 is 18.3 Å². The Labute approximate surface area is 116 Å². The van der Waals surface area contributed by atoms with Crippen molar-refractivity contribution in [1.29, 1.82) is 0 Å². The molecule has 102 valence electrons. The largest absolute Gasteiger partial charge is 0.353 e. The molecule has 0 spiro atoms. The second-order valence-electron chi connectivity index (χ2n) is 3.65. The third-order valence-corrected chi connectivity index (χ3v) is 2.24. The standard InChI is InChI=1S/C11H14N6O.ClH/c12-6-7-13-10(18)8-17-15-11(14-16-17)9-4-2-1-3-5-9;/h1-5H,6-8,12H2,(H,13,18);1H. The third-order valence-electron chi connectivity index (χ3n) is 2.24. The highest BCUT2D eigenvalue weighted by molar-refractivity contribution is 5.85. The summed E-state index contributed by atoms with van der Waals surface area (Å²) in [6, 6.07) is 9.47. The van der Waals surface area contributed by atoms with Gasteiger partial charge in [0.15, 0.2) is 0 Å². The Kier molecular flexibility index (Phi) is 5.91. The number of benzene rings is 1. The minimum atomic E-state index is -0.183. The first-order valence-electron chi connectivity index (χ1n) is 5.59. The highest BCUT2D eigenvalue weighted by Gasteiger charge is 2.08. The van der Waals surface area contributed by atoms with E-state index in [9.17, 15) is 4.79 Å². The van der Waals surface area contributed by atoms with E-state index in [1.807, 2.05) is 30.3 Å². The Morgan fingerprint density at radius 1 is 1.32 bits per heavy atom. The van der Waals surface area contributed by atoms with E-state index in [0.717, 1.165) is 5.56 Å². The number of tetrazole rings is 1. The molecule has 0 radical (unpaired) electrons. The summed E-state index contributed by atoms with van der Waals surface area (Å²) in [5.74, 6) is 0.319. The van der Waals surface area contributed by atoms with E-state index < -0.39 is 0 Å². The van der Waals surface area contributed by atoms with Crippen LogP contribution >= 0.6 is 12.4 Å². The summed E-state index contributed by atoms with van der Waals surface area (Å²) >= 11 is 0. The second kappa shape index (κ2) is 7.45. The summed E-state index contributed by atoms with van der Waals surface area (Å²) < 4.78 is 0. The van der Waals surface area contributed by atoms with E-state index >= 15 is 0 Å². The van der Waals surface area contributed by atoms with Gasteiger partial charge in [-0.2, -0.15) is 4.80 Å². The molecule has 0 unspecified atom stereocenters. The quantitative estimate of drug-likeness (QED) is 0.794. The predicted octanol–water partition coefficient (Wildman–Crippen LogP) is -0.163. The summed E-state index contributed by atoms with van der Waals surface area (Å²) in [4.78, 5) is 12.7. The second-order valence-corrected chi connectivity index (χ2v) is 3.65. The molecule has 3 N–H and O–H groups in total. The molecule has 0 saturated carbocycles. The predicted molar refractivity (Wildman–Crippen MR) is 72.6 cm³/mol. The fourth-order valence-corrected chi connectivity index (χ4v) is 1.41. The minimum Gasteiger partial charge on any atom is -0.353 e. The number of nitrogens with zero attached hydrogens (tertiary/aromatic N) is 4. The maximum atomic E-state index is 11.4. The average Bonchev–Trinajstić information content (AvgIpc) is 2.86. The van der Waals surface area contributed by atoms with Crippen LogP contribution in [0.4, 0.5) is 0 Å². The molecular weight excluding hydrogens is 268 g/mol. The van der Waals surface area contributed by atoms with Gasteiger partial charge in [0.2, 0.25) is 11.7 Å². The molecule has 19 heavy (non-hydrogen) atoms. The van der Waals surface area contributed by atoms with Crippen LogP contribution in [-0.4, -0.2) is 39.2 Å². The SMILES string of the molecule is Cl.NCCNC(=O)Cn1nnc(-c2ccccc2)n1. The Hall–Kier alpha value is -1.99. The van der Waals surface area contributed by atoms with Gasteiger partial charge in [0.1, 0.15) is 6.54 Å². The third kappa shape index (κ3) is 4.31. The molecule has 2 aromatic rings. The zero-order valence-electron chi connectivity index (χ0n) is 10.2. The molecule has 0 aliphatic heterocycles. The molecule has 0 aliphatic rings. The van der Waals surface area contributed by atoms with Gasteiger partial charge in [-0.05, 0) is 5.21 Å². The summed E-state index contributed by atoms with van der Waals surface area (Å²) in [6.45, 7) is 0.894. The maximum absolute atomic E-state index is 11.4. The maximum Gasteiger partial charge on any atom is 0.243 e. The van der Waals surface area contributed by atoms with Gasteiger partial charge in [-0.3, -0.25) is 4.79 Å². The molecule has 7 nitrogen and oxygen atoms in total. The van der Waals surface area contributed by atoms with Gasteiger partial charge in [-0.15, -0.1) is 22.6 Å². The van der Waals surface area contributed by atoms with Crippen LogP contribution in [0.15, 0.2) is 30.3 Å². The van der Waals surface area contributed by atoms with Crippen LogP contribution in [0, 0.1) is 0 Å². The number of carbonyl (C=O) groups excluding carboxylic acids is 1. The number of hydrogen-bond donors (Lipinski definition) is 2. The van der Waals surface area contributed by atoms with Gasteiger partial charge < -0.3 is 11.1 Å². The number of nitrogens with one attached hydrogen (secondary N) is 1. The van der Waals surface area contributed by atoms with Crippen molar-refractivity contribution in [2.75, 3.05) is 13.1 Å². The first kappa shape index (κ1) is 15.1. The van der Waals surface area contributed by atoms with Crippen molar-refractivity contribution in [2.24, 2.45) is 5.73 Å². The molecule has 1 heterocycles. The number of nitrogens with two attached hydrogens (primary N) is 1. The van der Waals surface area contributed by atoms with Gasteiger partial charge in [0, 0.05) is 18.7 Å². The zero-order chi connectivity index (χ0) is 12.8. The summed E-state index contributed by atoms with van der Waals surface area (Å²) in [7, 11) is 0. The zero-order valence-corrected chi connectivity index (χ0v) is 11.0. The fraction of sp³-hybridized carbons (Fsp3) is 0.273. The number of hydrogen-bond acceptors (Lipinski definition) is 5. The topological polar surface area (TPSA) is 98.7 Å². The number of halogens is 1. The van der Waals surface area contributed by atoms with E-state index in [1.165, 1.54) is 4.80 Å². The Morgan fingerprint density at radius 3 is 2.74 bits per heavy atom. The van der Waals surface area contributed by atoms with Gasteiger partial charge in [-0.25, -0.2) is 0 Å². The van der Waals surface area contributed by atoms with E-state index in [0.29, 0.717) is 18.9 Å². The van der Waals surface area contributed by atoms with Crippen LogP contribution in [0.5, 0.6) is 0 Å². The molecule has 0 saturated heterocycles. The monoisotopic (exact) mass is 282 g/mol. The van der Waals surface area contributed by atoms with Gasteiger partial charge in [0.05, 0.1) is 0 Å². The lowest BCUT2D eigenvalue weighted by atomic mass is 10.2. The normalized spacial score (nSPS) is 9.74. The lowest BCUT2D eigenvalue weighted by molar-refractivity contribution is -0.122. The van der Waals surface area contributed by atoms with Crippen molar-refractivity contribution in [3.05, 3.63) is 30.3 Å². The molecule has 1 amide bonds. The van der Waals surface area contributed by atoms with E-state index in [4.69, 9.17) is 5.73 Å². The Morgan fingerprint density at radius 2 is 2.05 bits per heavy atom. The highest BCUT2D eigenvalue weighted by Crippen LogP contribution is 2.11. The smallest absolute Gasteiger partial charge is 0.243 e. The van der Waals surface area contributed by atoms with Crippen LogP contribution in [0.25, 0.3) is 11.4 Å². The van der Waals surface area contributed by atoms with E-state index in [-0.39, 0.29) is 24.9 Å². The average molecular weight is 283 g/mol. The van der Waals surface area contributed by atoms with Crippen LogP contribution in [-0.2, 0) is 11.3 Å². The number of rotatable bonds is 5. The molecule has 8 heteroatoms. The number of aromatic nitrogens is 4. The van der Waals surface area contributed by atoms with Crippen molar-refractivity contribution in [3.8, 4) is 11.4 Å². The molecule has 0 atom stereocenters. The molecule has 1 aromatic carbocycles. The van der Waals surface area contributed by atoms with Crippen molar-refractivity contribution in [3.63, 3.8) is 0 Å². The summed E-state index contributed by atoms with van der Waals surface area (Å²) in [6.07, 6.45) is 0. The fourth-order valence-electron chi connectivity index (χ4n) is 1.41. The van der Waals surface area contributed by atoms with Crippen LogP contribution < -0.4 is 11.1 Å². The first-order valence-corrected chi connectivity index (χ1v) is 5.59. The number of carbonyl (C=O) groups is 1. The van der Waals surface area contributed by atoms with E-state index in [2.05, 4.69) is 20.7 Å². The number of amides is 1. The van der Waals surface area contributed by atoms with Gasteiger partial charge in [0.25, 0.3) is 0 Å². The lowest BCUT2D eigenvalue weighted by Crippen LogP contribution is -2.32. The molecule has 0 aliphatic carbocycles. The van der Waals surface area contributed by atoms with Gasteiger partial charge >= 0.3 is 0 Å². The van der Waals surface area contributed by atoms with Crippen molar-refractivity contribution in [1.82, 2.24) is 25.5 Å². The molecule has 0 bridgehead atoms. The van der Waals surface area contributed by atoms with Crippen molar-refractivity contribution < 1.29 is 4.79 Å². The Balaban J connectivity index is 0.00000180.